The molecule has 0 atom stereocenters. The summed E-state index contributed by atoms with van der Waals surface area (Å²) in [5.74, 6) is 0.764. The van der Waals surface area contributed by atoms with Crippen LogP contribution in [0.15, 0.2) is 65.6 Å². The van der Waals surface area contributed by atoms with Crippen molar-refractivity contribution in [2.45, 2.75) is 20.1 Å². The Morgan fingerprint density at radius 3 is 2.46 bits per heavy atom. The molecule has 9 heteroatoms. The molecule has 0 radical (unpaired) electrons. The summed E-state index contributed by atoms with van der Waals surface area (Å²) in [5.41, 5.74) is 2.42. The number of benzene rings is 3. The first kappa shape index (κ1) is 25.9. The second kappa shape index (κ2) is 11.7. The van der Waals surface area contributed by atoms with Crippen molar-refractivity contribution >= 4 is 74.8 Å². The Labute approximate surface area is 231 Å². The predicted octanol–water partition coefficient (Wildman–Crippen LogP) is 7.81. The van der Waals surface area contributed by atoms with Crippen LogP contribution in [0.3, 0.4) is 0 Å². The van der Waals surface area contributed by atoms with Gasteiger partial charge < -0.3 is 9.47 Å². The van der Waals surface area contributed by atoms with Gasteiger partial charge in [0.1, 0.15) is 6.61 Å². The summed E-state index contributed by atoms with van der Waals surface area (Å²) in [6, 6.07) is 18.3. The average Bonchev–Trinajstić information content (AvgIpc) is 3.08. The Hall–Kier alpha value is -2.20. The monoisotopic (exact) mass is 639 g/mol. The number of amides is 2. The maximum Gasteiger partial charge on any atom is 0.293 e. The van der Waals surface area contributed by atoms with Crippen molar-refractivity contribution in [3.8, 4) is 11.5 Å². The van der Waals surface area contributed by atoms with E-state index in [0.717, 1.165) is 32.0 Å². The molecule has 180 valence electrons. The molecule has 2 amide bonds. The van der Waals surface area contributed by atoms with E-state index in [1.165, 1.54) is 4.90 Å². The number of carbonyl (C=O) groups excluding carboxylic acids is 2. The van der Waals surface area contributed by atoms with Crippen molar-refractivity contribution in [1.29, 1.82) is 0 Å². The van der Waals surface area contributed by atoms with Gasteiger partial charge in [-0.25, -0.2) is 0 Å². The zero-order chi connectivity index (χ0) is 24.9. The highest BCUT2D eigenvalue weighted by Crippen LogP contribution is 2.36. The van der Waals surface area contributed by atoms with E-state index in [2.05, 4.69) is 22.6 Å². The zero-order valence-electron chi connectivity index (χ0n) is 18.6. The third kappa shape index (κ3) is 6.52. The Kier molecular flexibility index (Phi) is 8.64. The van der Waals surface area contributed by atoms with Gasteiger partial charge in [-0.1, -0.05) is 47.5 Å². The molecule has 0 aliphatic carbocycles. The molecule has 4 rings (SSSR count). The number of thioether (sulfide) groups is 1. The van der Waals surface area contributed by atoms with Gasteiger partial charge >= 0.3 is 0 Å². The van der Waals surface area contributed by atoms with Crippen LogP contribution in [0.5, 0.6) is 11.5 Å². The second-order valence-corrected chi connectivity index (χ2v) is 10.6. The van der Waals surface area contributed by atoms with Gasteiger partial charge in [0.05, 0.1) is 18.1 Å². The highest BCUT2D eigenvalue weighted by atomic mass is 127. The van der Waals surface area contributed by atoms with E-state index in [1.54, 1.807) is 30.3 Å². The number of rotatable bonds is 8. The molecule has 1 aliphatic heterocycles. The number of hydrogen-bond donors (Lipinski definition) is 0. The fourth-order valence-electron chi connectivity index (χ4n) is 3.36. The average molecular weight is 640 g/mol. The van der Waals surface area contributed by atoms with Crippen LogP contribution in [-0.2, 0) is 17.9 Å². The first-order valence-corrected chi connectivity index (χ1v) is 13.3. The largest absolute Gasteiger partial charge is 0.490 e. The summed E-state index contributed by atoms with van der Waals surface area (Å²) in [5, 5.41) is 0.790. The number of nitrogens with zero attached hydrogens (tertiary/aromatic N) is 1. The van der Waals surface area contributed by atoms with Gasteiger partial charge in [0.2, 0.25) is 0 Å². The molecule has 1 aliphatic rings. The van der Waals surface area contributed by atoms with Crippen LogP contribution in [0.2, 0.25) is 10.0 Å². The molecule has 0 unspecified atom stereocenters. The normalized spacial score (nSPS) is 14.6. The van der Waals surface area contributed by atoms with E-state index in [9.17, 15) is 9.59 Å². The minimum Gasteiger partial charge on any atom is -0.490 e. The van der Waals surface area contributed by atoms with Gasteiger partial charge in [0.25, 0.3) is 11.1 Å². The van der Waals surface area contributed by atoms with Crippen LogP contribution < -0.4 is 9.47 Å². The number of halogens is 3. The molecule has 1 saturated heterocycles. The lowest BCUT2D eigenvalue weighted by atomic mass is 10.1. The smallest absolute Gasteiger partial charge is 0.293 e. The molecule has 0 spiro atoms. The van der Waals surface area contributed by atoms with Crippen LogP contribution >= 0.6 is 57.6 Å². The fraction of sp³-hybridized carbons (Fsp3) is 0.154. The highest BCUT2D eigenvalue weighted by Gasteiger charge is 2.35. The van der Waals surface area contributed by atoms with Gasteiger partial charge in [0, 0.05) is 19.2 Å². The second-order valence-electron chi connectivity index (χ2n) is 7.56. The van der Waals surface area contributed by atoms with Crippen molar-refractivity contribution in [3.63, 3.8) is 0 Å². The van der Waals surface area contributed by atoms with Crippen LogP contribution in [0.1, 0.15) is 23.6 Å². The van der Waals surface area contributed by atoms with Crippen LogP contribution in [0.4, 0.5) is 4.79 Å². The van der Waals surface area contributed by atoms with E-state index in [1.807, 2.05) is 43.3 Å². The number of ether oxygens (including phenoxy) is 2. The van der Waals surface area contributed by atoms with Gasteiger partial charge in [-0.3, -0.25) is 14.5 Å². The molecule has 0 aromatic heterocycles. The van der Waals surface area contributed by atoms with Crippen LogP contribution in [-0.4, -0.2) is 22.7 Å². The number of hydrogen-bond acceptors (Lipinski definition) is 5. The highest BCUT2D eigenvalue weighted by molar-refractivity contribution is 14.1. The Morgan fingerprint density at radius 2 is 1.74 bits per heavy atom. The maximum absolute atomic E-state index is 12.9. The Morgan fingerprint density at radius 1 is 0.971 bits per heavy atom. The van der Waals surface area contributed by atoms with Crippen molar-refractivity contribution in [2.75, 3.05) is 6.61 Å². The zero-order valence-corrected chi connectivity index (χ0v) is 23.1. The van der Waals surface area contributed by atoms with Gasteiger partial charge in [-0.15, -0.1) is 0 Å². The molecule has 5 nitrogen and oxygen atoms in total. The van der Waals surface area contributed by atoms with Gasteiger partial charge in [-0.05, 0) is 94.9 Å². The molecule has 35 heavy (non-hydrogen) atoms. The van der Waals surface area contributed by atoms with Crippen molar-refractivity contribution in [1.82, 2.24) is 4.90 Å². The molecule has 3 aromatic carbocycles. The Balaban J connectivity index is 1.50. The molecule has 0 N–H and O–H groups in total. The van der Waals surface area contributed by atoms with Crippen molar-refractivity contribution in [2.24, 2.45) is 0 Å². The number of carbonyl (C=O) groups is 2. The van der Waals surface area contributed by atoms with E-state index in [0.29, 0.717) is 33.1 Å². The Bertz CT molecular complexity index is 1300. The summed E-state index contributed by atoms with van der Waals surface area (Å²) in [7, 11) is 0. The van der Waals surface area contributed by atoms with E-state index in [4.69, 9.17) is 32.7 Å². The molecule has 0 saturated carbocycles. The topological polar surface area (TPSA) is 55.8 Å². The van der Waals surface area contributed by atoms with E-state index < -0.39 is 0 Å². The third-order valence-corrected chi connectivity index (χ3v) is 7.30. The van der Waals surface area contributed by atoms with Crippen molar-refractivity contribution < 1.29 is 19.1 Å². The van der Waals surface area contributed by atoms with E-state index in [-0.39, 0.29) is 24.3 Å². The van der Waals surface area contributed by atoms with Gasteiger partial charge in [0.15, 0.2) is 11.5 Å². The summed E-state index contributed by atoms with van der Waals surface area (Å²) < 4.78 is 12.8. The summed E-state index contributed by atoms with van der Waals surface area (Å²) >= 11 is 15.4. The van der Waals surface area contributed by atoms with Crippen molar-refractivity contribution in [3.05, 3.63) is 95.9 Å². The maximum atomic E-state index is 12.9. The molecule has 1 heterocycles. The first-order chi connectivity index (χ1) is 16.8. The minimum atomic E-state index is -0.311. The fourth-order valence-corrected chi connectivity index (χ4v) is 5.02. The SMILES string of the molecule is CCOc1cc(/C=C2\SC(=O)N(Cc3ccc(I)cc3)C2=O)ccc1OCc1ccc(Cl)cc1Cl. The lowest BCUT2D eigenvalue weighted by molar-refractivity contribution is -0.123. The predicted molar refractivity (Wildman–Crippen MR) is 149 cm³/mol. The van der Waals surface area contributed by atoms with E-state index >= 15 is 0 Å². The van der Waals surface area contributed by atoms with Crippen LogP contribution in [0, 0.1) is 3.57 Å². The van der Waals surface area contributed by atoms with Crippen LogP contribution in [0.25, 0.3) is 6.08 Å². The summed E-state index contributed by atoms with van der Waals surface area (Å²) in [6.45, 7) is 2.80. The lowest BCUT2D eigenvalue weighted by Crippen LogP contribution is -2.27. The standard InChI is InChI=1S/C26H20Cl2INO4S/c1-2-33-23-11-17(5-10-22(23)34-15-18-6-7-19(27)13-21(18)28)12-24-25(31)30(26(32)35-24)14-16-3-8-20(29)9-4-16/h3-13H,2,14-15H2,1H3/b24-12-. The lowest BCUT2D eigenvalue weighted by Gasteiger charge is -2.14. The molecule has 0 bridgehead atoms. The molecule has 3 aromatic rings. The summed E-state index contributed by atoms with van der Waals surface area (Å²) in [4.78, 5) is 27.1. The number of imide groups is 1. The minimum absolute atomic E-state index is 0.239. The third-order valence-electron chi connectivity index (χ3n) is 5.09. The molecule has 1 fully saturated rings. The first-order valence-electron chi connectivity index (χ1n) is 10.7. The quantitative estimate of drug-likeness (QED) is 0.186. The molecular formula is C26H20Cl2INO4S. The summed E-state index contributed by atoms with van der Waals surface area (Å²) in [6.07, 6.45) is 1.70. The van der Waals surface area contributed by atoms with Gasteiger partial charge in [-0.2, -0.15) is 0 Å². The molecular weight excluding hydrogens is 620 g/mol.